The largest absolute Gasteiger partial charge is 0.298 e. The summed E-state index contributed by atoms with van der Waals surface area (Å²) in [5.41, 5.74) is 0. The van der Waals surface area contributed by atoms with Crippen LogP contribution in [0.1, 0.15) is 46.5 Å². The smallest absolute Gasteiger partial charge is 0.0227 e. The van der Waals surface area contributed by atoms with E-state index >= 15 is 0 Å². The molecule has 4 atom stereocenters. The van der Waals surface area contributed by atoms with Crippen LogP contribution in [0.4, 0.5) is 0 Å². The van der Waals surface area contributed by atoms with Crippen molar-refractivity contribution in [2.24, 2.45) is 5.92 Å². The Labute approximate surface area is 149 Å². The van der Waals surface area contributed by atoms with Crippen LogP contribution < -0.4 is 0 Å². The van der Waals surface area contributed by atoms with Gasteiger partial charge in [-0.2, -0.15) is 0 Å². The quantitative estimate of drug-likeness (QED) is 0.779. The van der Waals surface area contributed by atoms with Crippen LogP contribution in [0.3, 0.4) is 0 Å². The van der Waals surface area contributed by atoms with Crippen molar-refractivity contribution in [3.63, 3.8) is 0 Å². The average molecular weight is 335 g/mol. The van der Waals surface area contributed by atoms with Crippen molar-refractivity contribution in [2.45, 2.75) is 70.6 Å². The first-order valence-corrected chi connectivity index (χ1v) is 10.6. The monoisotopic (exact) mass is 334 g/mol. The summed E-state index contributed by atoms with van der Waals surface area (Å²) in [7, 11) is 0. The Kier molecular flexibility index (Phi) is 5.19. The summed E-state index contributed by atoms with van der Waals surface area (Å²) in [4.78, 5) is 11.0. The third-order valence-corrected chi connectivity index (χ3v) is 7.38. The van der Waals surface area contributed by atoms with Crippen LogP contribution in [0.25, 0.3) is 0 Å². The van der Waals surface area contributed by atoms with Gasteiger partial charge in [-0.3, -0.25) is 19.6 Å². The molecule has 0 spiro atoms. The van der Waals surface area contributed by atoms with Gasteiger partial charge in [-0.25, -0.2) is 0 Å². The van der Waals surface area contributed by atoms with Crippen LogP contribution in [0.15, 0.2) is 0 Å². The minimum Gasteiger partial charge on any atom is -0.298 e. The highest BCUT2D eigenvalue weighted by Crippen LogP contribution is 2.32. The van der Waals surface area contributed by atoms with Crippen molar-refractivity contribution in [2.75, 3.05) is 52.4 Å². The number of nitrogens with zero attached hydrogens (tertiary/aromatic N) is 4. The van der Waals surface area contributed by atoms with Gasteiger partial charge < -0.3 is 0 Å². The van der Waals surface area contributed by atoms with Gasteiger partial charge in [0.05, 0.1) is 0 Å². The van der Waals surface area contributed by atoms with E-state index < -0.39 is 0 Å². The second-order valence-electron chi connectivity index (χ2n) is 9.25. The van der Waals surface area contributed by atoms with E-state index in [0.29, 0.717) is 6.04 Å². The van der Waals surface area contributed by atoms with Crippen molar-refractivity contribution in [3.8, 4) is 0 Å². The zero-order valence-corrected chi connectivity index (χ0v) is 16.2. The molecule has 0 N–H and O–H groups in total. The molecule has 24 heavy (non-hydrogen) atoms. The molecule has 2 unspecified atom stereocenters. The third kappa shape index (κ3) is 3.53. The molecule has 0 saturated carbocycles. The minimum absolute atomic E-state index is 0.716. The maximum absolute atomic E-state index is 2.81. The van der Waals surface area contributed by atoms with Gasteiger partial charge in [0.25, 0.3) is 0 Å². The first-order chi connectivity index (χ1) is 11.6. The lowest BCUT2D eigenvalue weighted by molar-refractivity contribution is 0.0681. The molecule has 0 aromatic carbocycles. The van der Waals surface area contributed by atoms with Gasteiger partial charge in [-0.05, 0) is 58.9 Å². The molecule has 4 nitrogen and oxygen atoms in total. The summed E-state index contributed by atoms with van der Waals surface area (Å²) in [6.45, 7) is 17.8. The van der Waals surface area contributed by atoms with Gasteiger partial charge in [0.1, 0.15) is 0 Å². The van der Waals surface area contributed by atoms with E-state index in [0.717, 1.165) is 24.0 Å². The summed E-state index contributed by atoms with van der Waals surface area (Å²) in [5.74, 6) is 0.929. The van der Waals surface area contributed by atoms with Crippen LogP contribution in [0.5, 0.6) is 0 Å². The highest BCUT2D eigenvalue weighted by molar-refractivity contribution is 4.94. The summed E-state index contributed by atoms with van der Waals surface area (Å²) in [5, 5.41) is 0. The first-order valence-electron chi connectivity index (χ1n) is 10.6. The summed E-state index contributed by atoms with van der Waals surface area (Å²) < 4.78 is 0. The van der Waals surface area contributed by atoms with Gasteiger partial charge in [-0.15, -0.1) is 0 Å². The molecule has 0 amide bonds. The van der Waals surface area contributed by atoms with Crippen molar-refractivity contribution >= 4 is 0 Å². The second kappa shape index (κ2) is 7.22. The van der Waals surface area contributed by atoms with Gasteiger partial charge in [0.2, 0.25) is 0 Å². The molecule has 138 valence electrons. The van der Waals surface area contributed by atoms with E-state index in [9.17, 15) is 0 Å². The molecule has 4 aliphatic heterocycles. The molecular weight excluding hydrogens is 296 g/mol. The summed E-state index contributed by atoms with van der Waals surface area (Å²) in [6, 6.07) is 3.20. The van der Waals surface area contributed by atoms with E-state index in [1.54, 1.807) is 0 Å². The van der Waals surface area contributed by atoms with Crippen molar-refractivity contribution < 1.29 is 0 Å². The molecule has 0 bridgehead atoms. The van der Waals surface area contributed by atoms with Crippen LogP contribution >= 0.6 is 0 Å². The number of hydrogen-bond donors (Lipinski definition) is 0. The number of rotatable bonds is 4. The van der Waals surface area contributed by atoms with Crippen molar-refractivity contribution in [1.82, 2.24) is 19.6 Å². The van der Waals surface area contributed by atoms with Crippen molar-refractivity contribution in [3.05, 3.63) is 0 Å². The lowest BCUT2D eigenvalue weighted by Gasteiger charge is -2.41. The van der Waals surface area contributed by atoms with Gasteiger partial charge in [-0.1, -0.05) is 0 Å². The Hall–Kier alpha value is -0.160. The van der Waals surface area contributed by atoms with E-state index in [4.69, 9.17) is 0 Å². The van der Waals surface area contributed by atoms with Gasteiger partial charge in [0, 0.05) is 70.0 Å². The molecule has 0 radical (unpaired) electrons. The highest BCUT2D eigenvalue weighted by atomic mass is 15.3. The Morgan fingerprint density at radius 1 is 0.792 bits per heavy atom. The first kappa shape index (κ1) is 17.3. The molecule has 4 aliphatic rings. The van der Waals surface area contributed by atoms with Crippen LogP contribution in [0.2, 0.25) is 0 Å². The molecule has 0 aromatic heterocycles. The molecule has 4 fully saturated rings. The lowest BCUT2D eigenvalue weighted by Crippen LogP contribution is -2.53. The van der Waals surface area contributed by atoms with E-state index in [1.165, 1.54) is 78.0 Å². The molecule has 0 aromatic rings. The predicted molar refractivity (Wildman–Crippen MR) is 100 cm³/mol. The fourth-order valence-corrected chi connectivity index (χ4v) is 5.86. The van der Waals surface area contributed by atoms with Crippen molar-refractivity contribution in [1.29, 1.82) is 0 Å². The fourth-order valence-electron chi connectivity index (χ4n) is 5.86. The zero-order chi connectivity index (χ0) is 16.7. The maximum Gasteiger partial charge on any atom is 0.0227 e. The lowest BCUT2D eigenvalue weighted by atomic mass is 9.95. The number of fused-ring (bicyclic) bond motifs is 2. The number of piperazine rings is 2. The van der Waals surface area contributed by atoms with E-state index in [2.05, 4.69) is 40.4 Å². The molecular formula is C20H38N4. The standard InChI is InChI=1S/C20H38N4/c1-16(2)22-8-10-24-13-18(12-20(24)15-22)11-17(3)23-9-7-21-6-4-5-19(21)14-23/h16-20H,4-15H2,1-3H3/t17-,18?,19?,20-/m1/s1. The molecule has 4 heteroatoms. The summed E-state index contributed by atoms with van der Waals surface area (Å²) >= 11 is 0. The number of hydrogen-bond acceptors (Lipinski definition) is 4. The van der Waals surface area contributed by atoms with Crippen LogP contribution in [0, 0.1) is 5.92 Å². The SMILES string of the molecule is CC(C)N1CCN2CC(C[C@@H](C)N3CCN4CCCC4C3)C[C@@H]2C1. The minimum atomic E-state index is 0.716. The van der Waals surface area contributed by atoms with Crippen LogP contribution in [-0.2, 0) is 0 Å². The Morgan fingerprint density at radius 3 is 2.38 bits per heavy atom. The predicted octanol–water partition coefficient (Wildman–Crippen LogP) is 1.96. The van der Waals surface area contributed by atoms with Gasteiger partial charge in [0.15, 0.2) is 0 Å². The molecule has 4 rings (SSSR count). The third-order valence-electron chi connectivity index (χ3n) is 7.38. The Bertz CT molecular complexity index is 426. The normalized spacial score (nSPS) is 37.8. The Balaban J connectivity index is 1.27. The summed E-state index contributed by atoms with van der Waals surface area (Å²) in [6.07, 6.45) is 5.73. The van der Waals surface area contributed by atoms with E-state index in [1.807, 2.05) is 0 Å². The molecule has 4 saturated heterocycles. The highest BCUT2D eigenvalue weighted by Gasteiger charge is 2.38. The van der Waals surface area contributed by atoms with E-state index in [-0.39, 0.29) is 0 Å². The average Bonchev–Trinajstić information content (AvgIpc) is 3.18. The topological polar surface area (TPSA) is 13.0 Å². The maximum atomic E-state index is 2.81. The fraction of sp³-hybridized carbons (Fsp3) is 1.00. The Morgan fingerprint density at radius 2 is 1.54 bits per heavy atom. The zero-order valence-electron chi connectivity index (χ0n) is 16.2. The molecule has 0 aliphatic carbocycles. The van der Waals surface area contributed by atoms with Gasteiger partial charge >= 0.3 is 0 Å². The van der Waals surface area contributed by atoms with Crippen LogP contribution in [-0.4, -0.2) is 96.1 Å². The molecule has 4 heterocycles. The second-order valence-corrected chi connectivity index (χ2v) is 9.25.